The molecular formula is C16H18N2O4. The fourth-order valence-electron chi connectivity index (χ4n) is 1.82. The van der Waals surface area contributed by atoms with Gasteiger partial charge >= 0.3 is 5.97 Å². The van der Waals surface area contributed by atoms with E-state index in [0.29, 0.717) is 23.7 Å². The van der Waals surface area contributed by atoms with Crippen LogP contribution in [-0.4, -0.2) is 29.6 Å². The van der Waals surface area contributed by atoms with Crippen LogP contribution < -0.4 is 10.1 Å². The highest BCUT2D eigenvalue weighted by molar-refractivity contribution is 5.97. The predicted octanol–water partition coefficient (Wildman–Crippen LogP) is 2.60. The highest BCUT2D eigenvalue weighted by Crippen LogP contribution is 2.23. The van der Waals surface area contributed by atoms with Crippen LogP contribution in [0.25, 0.3) is 0 Å². The Morgan fingerprint density at radius 2 is 2.00 bits per heavy atom. The maximum atomic E-state index is 12.1. The molecule has 1 aromatic carbocycles. The molecular weight excluding hydrogens is 284 g/mol. The first-order valence-corrected chi connectivity index (χ1v) is 6.99. The van der Waals surface area contributed by atoms with Crippen LogP contribution in [0, 0.1) is 0 Å². The monoisotopic (exact) mass is 302 g/mol. The molecule has 22 heavy (non-hydrogen) atoms. The molecule has 116 valence electrons. The number of H-pyrrole nitrogens is 1. The van der Waals surface area contributed by atoms with Gasteiger partial charge < -0.3 is 19.8 Å². The Bertz CT molecular complexity index is 637. The molecule has 0 aliphatic rings. The Balaban J connectivity index is 1.98. The van der Waals surface area contributed by atoms with Crippen LogP contribution in [0.15, 0.2) is 42.6 Å². The van der Waals surface area contributed by atoms with Crippen molar-refractivity contribution in [2.75, 3.05) is 11.9 Å². The summed E-state index contributed by atoms with van der Waals surface area (Å²) in [6, 6.07) is 10.3. The summed E-state index contributed by atoms with van der Waals surface area (Å²) >= 11 is 0. The SMILES string of the molecule is CCOc1ccccc1NC(=O)[C@@H](C)OC(=O)c1ccc[nH]1. The summed E-state index contributed by atoms with van der Waals surface area (Å²) in [6.45, 7) is 3.86. The summed E-state index contributed by atoms with van der Waals surface area (Å²) in [4.78, 5) is 26.6. The minimum Gasteiger partial charge on any atom is -0.492 e. The summed E-state index contributed by atoms with van der Waals surface area (Å²) in [5.41, 5.74) is 0.839. The molecule has 2 N–H and O–H groups in total. The second-order valence-electron chi connectivity index (χ2n) is 4.55. The molecule has 0 fully saturated rings. The summed E-state index contributed by atoms with van der Waals surface area (Å²) in [5.74, 6) is -0.431. The maximum absolute atomic E-state index is 12.1. The van der Waals surface area contributed by atoms with Gasteiger partial charge in [0.1, 0.15) is 11.4 Å². The first kappa shape index (κ1) is 15.6. The van der Waals surface area contributed by atoms with Gasteiger partial charge in [0.25, 0.3) is 5.91 Å². The zero-order valence-corrected chi connectivity index (χ0v) is 12.5. The smallest absolute Gasteiger partial charge is 0.355 e. The zero-order chi connectivity index (χ0) is 15.9. The number of benzene rings is 1. The number of amides is 1. The quantitative estimate of drug-likeness (QED) is 0.804. The van der Waals surface area contributed by atoms with Crippen LogP contribution in [0.4, 0.5) is 5.69 Å². The predicted molar refractivity (Wildman–Crippen MR) is 81.9 cm³/mol. The molecule has 6 nitrogen and oxygen atoms in total. The van der Waals surface area contributed by atoms with E-state index in [1.54, 1.807) is 36.5 Å². The lowest BCUT2D eigenvalue weighted by atomic mass is 10.2. The minimum absolute atomic E-state index is 0.300. The molecule has 2 rings (SSSR count). The fourth-order valence-corrected chi connectivity index (χ4v) is 1.82. The Labute approximate surface area is 128 Å². The lowest BCUT2D eigenvalue weighted by Crippen LogP contribution is -2.30. The maximum Gasteiger partial charge on any atom is 0.355 e. The highest BCUT2D eigenvalue weighted by atomic mass is 16.5. The normalized spacial score (nSPS) is 11.5. The van der Waals surface area contributed by atoms with E-state index in [4.69, 9.17) is 9.47 Å². The van der Waals surface area contributed by atoms with Gasteiger partial charge in [-0.1, -0.05) is 12.1 Å². The van der Waals surface area contributed by atoms with Crippen molar-refractivity contribution in [2.24, 2.45) is 0 Å². The summed E-state index contributed by atoms with van der Waals surface area (Å²) < 4.78 is 10.5. The van der Waals surface area contributed by atoms with Crippen molar-refractivity contribution >= 4 is 17.6 Å². The molecule has 1 heterocycles. The van der Waals surface area contributed by atoms with Gasteiger partial charge in [0, 0.05) is 6.20 Å². The average molecular weight is 302 g/mol. The average Bonchev–Trinajstić information content (AvgIpc) is 3.03. The van der Waals surface area contributed by atoms with Crippen LogP contribution in [0.2, 0.25) is 0 Å². The van der Waals surface area contributed by atoms with Gasteiger partial charge in [-0.15, -0.1) is 0 Å². The van der Waals surface area contributed by atoms with Crippen LogP contribution in [-0.2, 0) is 9.53 Å². The largest absolute Gasteiger partial charge is 0.492 e. The first-order valence-electron chi connectivity index (χ1n) is 6.99. The molecule has 1 aromatic heterocycles. The standard InChI is InChI=1S/C16H18N2O4/c1-3-21-14-9-5-4-7-12(14)18-15(19)11(2)22-16(20)13-8-6-10-17-13/h4-11,17H,3H2,1-2H3,(H,18,19)/t11-/m1/s1. The van der Waals surface area contributed by atoms with E-state index in [1.807, 2.05) is 13.0 Å². The van der Waals surface area contributed by atoms with Gasteiger partial charge in [-0.3, -0.25) is 4.79 Å². The second-order valence-corrected chi connectivity index (χ2v) is 4.55. The number of anilines is 1. The number of esters is 1. The number of nitrogens with one attached hydrogen (secondary N) is 2. The fraction of sp³-hybridized carbons (Fsp3) is 0.250. The third-order valence-electron chi connectivity index (χ3n) is 2.92. The van der Waals surface area contributed by atoms with Crippen LogP contribution in [0.5, 0.6) is 5.75 Å². The van der Waals surface area contributed by atoms with Gasteiger partial charge in [-0.25, -0.2) is 4.79 Å². The number of rotatable bonds is 6. The number of para-hydroxylation sites is 2. The molecule has 0 aliphatic heterocycles. The van der Waals surface area contributed by atoms with Gasteiger partial charge in [-0.05, 0) is 38.1 Å². The molecule has 0 spiro atoms. The van der Waals surface area contributed by atoms with Gasteiger partial charge in [0.2, 0.25) is 0 Å². The van der Waals surface area contributed by atoms with Crippen molar-refractivity contribution < 1.29 is 19.1 Å². The molecule has 0 radical (unpaired) electrons. The third kappa shape index (κ3) is 3.88. The zero-order valence-electron chi connectivity index (χ0n) is 12.5. The van der Waals surface area contributed by atoms with Crippen molar-refractivity contribution in [1.29, 1.82) is 0 Å². The molecule has 6 heteroatoms. The van der Waals surface area contributed by atoms with E-state index in [0.717, 1.165) is 0 Å². The van der Waals surface area contributed by atoms with E-state index in [2.05, 4.69) is 10.3 Å². The van der Waals surface area contributed by atoms with Crippen LogP contribution >= 0.6 is 0 Å². The van der Waals surface area contributed by atoms with E-state index < -0.39 is 18.0 Å². The first-order chi connectivity index (χ1) is 10.6. The Morgan fingerprint density at radius 1 is 1.23 bits per heavy atom. The Kier molecular flexibility index (Phi) is 5.19. The molecule has 1 atom stereocenters. The van der Waals surface area contributed by atoms with Gasteiger partial charge in [0.05, 0.1) is 12.3 Å². The molecule has 0 unspecified atom stereocenters. The van der Waals surface area contributed by atoms with E-state index in [-0.39, 0.29) is 0 Å². The van der Waals surface area contributed by atoms with Crippen molar-refractivity contribution in [1.82, 2.24) is 4.98 Å². The van der Waals surface area contributed by atoms with Crippen LogP contribution in [0.3, 0.4) is 0 Å². The number of aromatic nitrogens is 1. The van der Waals surface area contributed by atoms with Crippen molar-refractivity contribution in [3.63, 3.8) is 0 Å². The van der Waals surface area contributed by atoms with Crippen molar-refractivity contribution in [3.05, 3.63) is 48.3 Å². The Hall–Kier alpha value is -2.76. The number of hydrogen-bond donors (Lipinski definition) is 2. The lowest BCUT2D eigenvalue weighted by Gasteiger charge is -2.15. The number of carbonyl (C=O) groups excluding carboxylic acids is 2. The van der Waals surface area contributed by atoms with Gasteiger partial charge in [-0.2, -0.15) is 0 Å². The summed E-state index contributed by atoms with van der Waals surface area (Å²) in [6.07, 6.45) is 0.685. The number of hydrogen-bond acceptors (Lipinski definition) is 4. The topological polar surface area (TPSA) is 80.4 Å². The van der Waals surface area contributed by atoms with E-state index >= 15 is 0 Å². The van der Waals surface area contributed by atoms with Crippen LogP contribution in [0.1, 0.15) is 24.3 Å². The highest BCUT2D eigenvalue weighted by Gasteiger charge is 2.20. The minimum atomic E-state index is -0.925. The summed E-state index contributed by atoms with van der Waals surface area (Å²) in [5, 5.41) is 2.69. The lowest BCUT2D eigenvalue weighted by molar-refractivity contribution is -0.123. The van der Waals surface area contributed by atoms with Gasteiger partial charge in [0.15, 0.2) is 6.10 Å². The van der Waals surface area contributed by atoms with Crippen molar-refractivity contribution in [2.45, 2.75) is 20.0 Å². The third-order valence-corrected chi connectivity index (χ3v) is 2.92. The molecule has 0 saturated carbocycles. The van der Waals surface area contributed by atoms with E-state index in [9.17, 15) is 9.59 Å². The molecule has 2 aromatic rings. The van der Waals surface area contributed by atoms with E-state index in [1.165, 1.54) is 6.92 Å². The summed E-state index contributed by atoms with van der Waals surface area (Å²) in [7, 11) is 0. The Morgan fingerprint density at radius 3 is 2.68 bits per heavy atom. The number of carbonyl (C=O) groups is 2. The molecule has 0 aliphatic carbocycles. The second kappa shape index (κ2) is 7.31. The molecule has 0 saturated heterocycles. The molecule has 1 amide bonds. The molecule has 0 bridgehead atoms. The number of aromatic amines is 1. The van der Waals surface area contributed by atoms with Crippen molar-refractivity contribution in [3.8, 4) is 5.75 Å². The number of ether oxygens (including phenoxy) is 2.